The molecule has 8 nitrogen and oxygen atoms in total. The molecule has 23 heavy (non-hydrogen) atoms. The van der Waals surface area contributed by atoms with Gasteiger partial charge in [0.1, 0.15) is 12.1 Å². The molecule has 1 saturated heterocycles. The highest BCUT2D eigenvalue weighted by Gasteiger charge is 2.39. The van der Waals surface area contributed by atoms with Crippen LogP contribution in [0.3, 0.4) is 0 Å². The van der Waals surface area contributed by atoms with E-state index in [1.165, 1.54) is 23.0 Å². The van der Waals surface area contributed by atoms with E-state index in [-0.39, 0.29) is 36.0 Å². The van der Waals surface area contributed by atoms with Gasteiger partial charge in [-0.3, -0.25) is 19.5 Å². The summed E-state index contributed by atoms with van der Waals surface area (Å²) in [6, 6.07) is 1.36. The van der Waals surface area contributed by atoms with Gasteiger partial charge in [0.25, 0.3) is 11.5 Å². The summed E-state index contributed by atoms with van der Waals surface area (Å²) in [5.74, 6) is -0.389. The molecule has 0 aromatic carbocycles. The minimum absolute atomic E-state index is 0.0133. The Morgan fingerprint density at radius 1 is 1.26 bits per heavy atom. The summed E-state index contributed by atoms with van der Waals surface area (Å²) in [5, 5.41) is 5.74. The fourth-order valence-corrected chi connectivity index (χ4v) is 3.63. The topological polar surface area (TPSA) is 99.6 Å². The summed E-state index contributed by atoms with van der Waals surface area (Å²) >= 11 is 0. The van der Waals surface area contributed by atoms with Crippen molar-refractivity contribution < 1.29 is 9.59 Å². The molecular formula is C15H17N5O3. The molecule has 2 atom stereocenters. The number of piperazine rings is 1. The van der Waals surface area contributed by atoms with E-state index in [0.29, 0.717) is 11.2 Å². The molecular weight excluding hydrogens is 298 g/mol. The van der Waals surface area contributed by atoms with Crippen molar-refractivity contribution >= 4 is 17.5 Å². The van der Waals surface area contributed by atoms with Gasteiger partial charge in [0.15, 0.2) is 5.65 Å². The van der Waals surface area contributed by atoms with E-state index in [0.717, 1.165) is 25.7 Å². The first-order valence-electron chi connectivity index (χ1n) is 7.80. The van der Waals surface area contributed by atoms with E-state index in [9.17, 15) is 14.4 Å². The fourth-order valence-electron chi connectivity index (χ4n) is 3.63. The molecule has 2 aliphatic rings. The summed E-state index contributed by atoms with van der Waals surface area (Å²) < 4.78 is 1.23. The molecule has 1 aliphatic heterocycles. The second-order valence-electron chi connectivity index (χ2n) is 6.09. The van der Waals surface area contributed by atoms with Crippen LogP contribution in [0.1, 0.15) is 36.0 Å². The van der Waals surface area contributed by atoms with Gasteiger partial charge in [0.05, 0.1) is 6.04 Å². The van der Waals surface area contributed by atoms with Crippen LogP contribution in [0.15, 0.2) is 23.3 Å². The molecule has 1 aliphatic carbocycles. The predicted molar refractivity (Wildman–Crippen MR) is 81.0 cm³/mol. The Kier molecular flexibility index (Phi) is 3.17. The number of carbonyl (C=O) groups excluding carboxylic acids is 2. The number of amides is 2. The monoisotopic (exact) mass is 315 g/mol. The number of nitrogens with zero attached hydrogens (tertiary/aromatic N) is 3. The third kappa shape index (κ3) is 2.21. The maximum Gasteiger partial charge on any atom is 0.272 e. The van der Waals surface area contributed by atoms with Gasteiger partial charge in [-0.25, -0.2) is 9.50 Å². The Hall–Kier alpha value is -2.64. The number of hydrogen-bond acceptors (Lipinski definition) is 4. The summed E-state index contributed by atoms with van der Waals surface area (Å²) in [7, 11) is 0. The van der Waals surface area contributed by atoms with Crippen LogP contribution < -0.4 is 10.9 Å². The van der Waals surface area contributed by atoms with Crippen molar-refractivity contribution in [3.63, 3.8) is 0 Å². The Balaban J connectivity index is 1.73. The molecule has 8 heteroatoms. The number of aromatic amines is 1. The molecule has 2 unspecified atom stereocenters. The maximum atomic E-state index is 13.0. The highest BCUT2D eigenvalue weighted by Crippen LogP contribution is 2.27. The van der Waals surface area contributed by atoms with Crippen LogP contribution in [0.25, 0.3) is 5.65 Å². The average Bonchev–Trinajstić information content (AvgIpc) is 2.99. The number of rotatable bonds is 1. The standard InChI is InChI=1S/C15H17N5O3/c21-12-8-19(11-4-2-1-3-10(11)18-12)15(23)9-7-17-20-13(22)5-6-16-14(9)20/h5-7,10-11,17H,1-4,8H2,(H,18,21). The Morgan fingerprint density at radius 2 is 2.09 bits per heavy atom. The molecule has 1 saturated carbocycles. The maximum absolute atomic E-state index is 13.0. The normalized spacial score (nSPS) is 24.3. The van der Waals surface area contributed by atoms with Crippen LogP contribution in [0.4, 0.5) is 0 Å². The quantitative estimate of drug-likeness (QED) is 0.768. The van der Waals surface area contributed by atoms with Crippen molar-refractivity contribution in [2.45, 2.75) is 37.8 Å². The van der Waals surface area contributed by atoms with Crippen LogP contribution in [-0.2, 0) is 4.79 Å². The van der Waals surface area contributed by atoms with Gasteiger partial charge in [-0.2, -0.15) is 0 Å². The molecule has 0 bridgehead atoms. The van der Waals surface area contributed by atoms with Crippen LogP contribution in [0, 0.1) is 0 Å². The smallest absolute Gasteiger partial charge is 0.272 e. The Labute approximate surface area is 131 Å². The van der Waals surface area contributed by atoms with Gasteiger partial charge in [0, 0.05) is 24.5 Å². The SMILES string of the molecule is O=C1CN(C(=O)c2c[nH]n3c(=O)ccnc23)C2CCCCC2N1. The molecule has 2 aromatic rings. The largest absolute Gasteiger partial charge is 0.350 e. The van der Waals surface area contributed by atoms with Crippen molar-refractivity contribution in [1.82, 2.24) is 24.8 Å². The molecule has 2 amide bonds. The summed E-state index contributed by atoms with van der Waals surface area (Å²) in [6.07, 6.45) is 6.75. The lowest BCUT2D eigenvalue weighted by molar-refractivity contribution is -0.127. The third-order valence-electron chi connectivity index (χ3n) is 4.71. The van der Waals surface area contributed by atoms with Crippen LogP contribution in [0.2, 0.25) is 0 Å². The average molecular weight is 315 g/mol. The van der Waals surface area contributed by atoms with Crippen LogP contribution in [-0.4, -0.2) is 49.9 Å². The third-order valence-corrected chi connectivity index (χ3v) is 4.71. The summed E-state index contributed by atoms with van der Waals surface area (Å²) in [6.45, 7) is 0.0500. The van der Waals surface area contributed by atoms with Crippen molar-refractivity contribution in [3.05, 3.63) is 34.4 Å². The number of fused-ring (bicyclic) bond motifs is 2. The highest BCUT2D eigenvalue weighted by molar-refractivity contribution is 6.01. The fraction of sp³-hybridized carbons (Fsp3) is 0.467. The number of aromatic nitrogens is 3. The van der Waals surface area contributed by atoms with Gasteiger partial charge in [-0.05, 0) is 12.8 Å². The first-order chi connectivity index (χ1) is 11.1. The lowest BCUT2D eigenvalue weighted by atomic mass is 9.87. The zero-order valence-corrected chi connectivity index (χ0v) is 12.5. The van der Waals surface area contributed by atoms with E-state index in [1.54, 1.807) is 4.90 Å². The summed E-state index contributed by atoms with van der Waals surface area (Å²) in [4.78, 5) is 42.4. The van der Waals surface area contributed by atoms with E-state index in [2.05, 4.69) is 15.4 Å². The minimum atomic E-state index is -0.277. The summed E-state index contributed by atoms with van der Waals surface area (Å²) in [5.41, 5.74) is 0.337. The van der Waals surface area contributed by atoms with E-state index in [1.807, 2.05) is 0 Å². The van der Waals surface area contributed by atoms with Crippen molar-refractivity contribution in [2.24, 2.45) is 0 Å². The van der Waals surface area contributed by atoms with Gasteiger partial charge in [0.2, 0.25) is 5.91 Å². The predicted octanol–water partition coefficient (Wildman–Crippen LogP) is -0.0942. The van der Waals surface area contributed by atoms with E-state index >= 15 is 0 Å². The van der Waals surface area contributed by atoms with Gasteiger partial charge < -0.3 is 10.2 Å². The Morgan fingerprint density at radius 3 is 2.96 bits per heavy atom. The second-order valence-corrected chi connectivity index (χ2v) is 6.09. The van der Waals surface area contributed by atoms with Crippen molar-refractivity contribution in [2.75, 3.05) is 6.54 Å². The van der Waals surface area contributed by atoms with Crippen LogP contribution in [0.5, 0.6) is 0 Å². The number of carbonyl (C=O) groups is 2. The molecule has 2 fully saturated rings. The molecule has 2 N–H and O–H groups in total. The molecule has 120 valence electrons. The van der Waals surface area contributed by atoms with E-state index in [4.69, 9.17) is 0 Å². The molecule has 0 spiro atoms. The van der Waals surface area contributed by atoms with Gasteiger partial charge in [-0.15, -0.1) is 0 Å². The zero-order chi connectivity index (χ0) is 16.0. The van der Waals surface area contributed by atoms with Crippen molar-refractivity contribution in [3.8, 4) is 0 Å². The molecule has 3 heterocycles. The zero-order valence-electron chi connectivity index (χ0n) is 12.5. The Bertz CT molecular complexity index is 839. The number of H-pyrrole nitrogens is 1. The lowest BCUT2D eigenvalue weighted by Crippen LogP contribution is -2.62. The minimum Gasteiger partial charge on any atom is -0.350 e. The molecule has 4 rings (SSSR count). The molecule has 2 aromatic heterocycles. The van der Waals surface area contributed by atoms with Crippen LogP contribution >= 0.6 is 0 Å². The number of hydrogen-bond donors (Lipinski definition) is 2. The van der Waals surface area contributed by atoms with E-state index < -0.39 is 0 Å². The van der Waals surface area contributed by atoms with Gasteiger partial charge >= 0.3 is 0 Å². The van der Waals surface area contributed by atoms with Crippen molar-refractivity contribution in [1.29, 1.82) is 0 Å². The first kappa shape index (κ1) is 14.0. The highest BCUT2D eigenvalue weighted by atomic mass is 16.2. The molecule has 0 radical (unpaired) electrons. The first-order valence-corrected chi connectivity index (χ1v) is 7.80. The number of nitrogens with one attached hydrogen (secondary N) is 2. The van der Waals surface area contributed by atoms with Gasteiger partial charge in [-0.1, -0.05) is 12.8 Å². The lowest BCUT2D eigenvalue weighted by Gasteiger charge is -2.43. The second kappa shape index (κ2) is 5.22.